The van der Waals surface area contributed by atoms with Gasteiger partial charge in [-0.05, 0) is 37.6 Å². The molecule has 3 rings (SSSR count). The molecule has 0 unspecified atom stereocenters. The number of anilines is 1. The van der Waals surface area contributed by atoms with E-state index in [-0.39, 0.29) is 24.0 Å². The minimum atomic E-state index is 0. The average molecular weight is 495 g/mol. The molecule has 3 N–H and O–H groups in total. The van der Waals surface area contributed by atoms with Crippen molar-refractivity contribution in [3.63, 3.8) is 0 Å². The number of imidazole rings is 1. The number of nitrogens with two attached hydrogens (primary N) is 1. The number of hydrogen-bond acceptors (Lipinski definition) is 4. The van der Waals surface area contributed by atoms with Crippen LogP contribution in [0.2, 0.25) is 0 Å². The number of ether oxygens (including phenoxy) is 2. The summed E-state index contributed by atoms with van der Waals surface area (Å²) in [7, 11) is 3.20. The summed E-state index contributed by atoms with van der Waals surface area (Å²) in [4.78, 5) is 8.99. The van der Waals surface area contributed by atoms with E-state index < -0.39 is 0 Å². The molecular formula is C20H26IN5O2. The topological polar surface area (TPSA) is 86.7 Å². The van der Waals surface area contributed by atoms with Gasteiger partial charge in [-0.25, -0.2) is 4.98 Å². The van der Waals surface area contributed by atoms with Gasteiger partial charge in [-0.2, -0.15) is 0 Å². The summed E-state index contributed by atoms with van der Waals surface area (Å²) in [5.74, 6) is 2.69. The van der Waals surface area contributed by atoms with Crippen LogP contribution in [0.3, 0.4) is 0 Å². The first-order valence-corrected chi connectivity index (χ1v) is 8.83. The molecule has 28 heavy (non-hydrogen) atoms. The maximum Gasteiger partial charge on any atom is 0.193 e. The fraction of sp³-hybridized carbons (Fsp3) is 0.300. The molecule has 1 heterocycles. The van der Waals surface area contributed by atoms with Gasteiger partial charge in [0.15, 0.2) is 17.5 Å². The average Bonchev–Trinajstić information content (AvgIpc) is 3.00. The number of methoxy groups -OCH3 is 2. The van der Waals surface area contributed by atoms with Gasteiger partial charge in [0, 0.05) is 24.8 Å². The fourth-order valence-electron chi connectivity index (χ4n) is 3.01. The largest absolute Gasteiger partial charge is 0.493 e. The molecule has 8 heteroatoms. The maximum atomic E-state index is 6.00. The Kier molecular flexibility index (Phi) is 7.91. The fourth-order valence-corrected chi connectivity index (χ4v) is 3.01. The lowest BCUT2D eigenvalue weighted by Crippen LogP contribution is -2.23. The molecule has 0 saturated heterocycles. The van der Waals surface area contributed by atoms with Crippen LogP contribution in [-0.2, 0) is 6.54 Å². The van der Waals surface area contributed by atoms with Crippen molar-refractivity contribution in [2.45, 2.75) is 19.9 Å². The Morgan fingerprint density at radius 2 is 1.89 bits per heavy atom. The number of benzene rings is 2. The molecule has 0 fully saturated rings. The molecule has 7 nitrogen and oxygen atoms in total. The second kappa shape index (κ2) is 10.2. The van der Waals surface area contributed by atoms with Crippen LogP contribution >= 0.6 is 24.0 Å². The van der Waals surface area contributed by atoms with Crippen LogP contribution in [0.5, 0.6) is 11.5 Å². The van der Waals surface area contributed by atoms with E-state index in [4.69, 9.17) is 15.2 Å². The first-order valence-electron chi connectivity index (χ1n) is 8.83. The number of aliphatic imine (C=N–C) groups is 1. The summed E-state index contributed by atoms with van der Waals surface area (Å²) in [5, 5.41) is 3.08. The van der Waals surface area contributed by atoms with Crippen LogP contribution < -0.4 is 20.5 Å². The van der Waals surface area contributed by atoms with Crippen LogP contribution in [0.1, 0.15) is 12.2 Å². The van der Waals surface area contributed by atoms with E-state index in [1.165, 1.54) is 0 Å². The van der Waals surface area contributed by atoms with Crippen molar-refractivity contribution in [1.82, 2.24) is 9.55 Å². The Labute approximate surface area is 182 Å². The Bertz CT molecular complexity index is 955. The van der Waals surface area contributed by atoms with Crippen molar-refractivity contribution in [2.24, 2.45) is 10.7 Å². The van der Waals surface area contributed by atoms with Crippen LogP contribution in [-0.4, -0.2) is 36.3 Å². The summed E-state index contributed by atoms with van der Waals surface area (Å²) in [6.07, 6.45) is 0.871. The standard InChI is InChI=1S/C20H25N5O2.HI/c1-14-23-16-7-4-5-8-17(16)25(14)12-6-11-22-20(21)24-15-9-10-18(26-2)19(13-15)27-3;/h4-5,7-10,13H,6,11-12H2,1-3H3,(H3,21,22,24);1H. The molecule has 0 aliphatic heterocycles. The lowest BCUT2D eigenvalue weighted by Gasteiger charge is -2.11. The minimum Gasteiger partial charge on any atom is -0.493 e. The highest BCUT2D eigenvalue weighted by Gasteiger charge is 2.07. The molecule has 0 radical (unpaired) electrons. The minimum absolute atomic E-state index is 0. The van der Waals surface area contributed by atoms with Crippen molar-refractivity contribution in [2.75, 3.05) is 26.1 Å². The lowest BCUT2D eigenvalue weighted by atomic mass is 10.3. The smallest absolute Gasteiger partial charge is 0.193 e. The molecule has 0 amide bonds. The summed E-state index contributed by atoms with van der Waals surface area (Å²) in [6, 6.07) is 13.7. The third kappa shape index (κ3) is 5.06. The highest BCUT2D eigenvalue weighted by Crippen LogP contribution is 2.29. The third-order valence-corrected chi connectivity index (χ3v) is 4.32. The molecule has 2 aromatic carbocycles. The van der Waals surface area contributed by atoms with Gasteiger partial charge in [0.1, 0.15) is 5.82 Å². The number of guanidine groups is 1. The Balaban J connectivity index is 0.00000280. The van der Waals surface area contributed by atoms with Crippen molar-refractivity contribution in [3.8, 4) is 11.5 Å². The second-order valence-electron chi connectivity index (χ2n) is 6.11. The molecule has 150 valence electrons. The van der Waals surface area contributed by atoms with E-state index in [0.29, 0.717) is 24.0 Å². The highest BCUT2D eigenvalue weighted by molar-refractivity contribution is 14.0. The Hall–Kier alpha value is -2.49. The number of para-hydroxylation sites is 2. The van der Waals surface area contributed by atoms with Crippen LogP contribution in [0.4, 0.5) is 5.69 Å². The van der Waals surface area contributed by atoms with Gasteiger partial charge in [0.25, 0.3) is 0 Å². The van der Waals surface area contributed by atoms with Crippen molar-refractivity contribution < 1.29 is 9.47 Å². The van der Waals surface area contributed by atoms with Crippen LogP contribution in [0.15, 0.2) is 47.5 Å². The van der Waals surface area contributed by atoms with Crippen molar-refractivity contribution in [3.05, 3.63) is 48.3 Å². The molecule has 3 aromatic rings. The quantitative estimate of drug-likeness (QED) is 0.226. The van der Waals surface area contributed by atoms with E-state index in [0.717, 1.165) is 35.5 Å². The number of nitrogens with zero attached hydrogens (tertiary/aromatic N) is 3. The number of fused-ring (bicyclic) bond motifs is 1. The number of aryl methyl sites for hydroxylation is 2. The number of rotatable bonds is 7. The van der Waals surface area contributed by atoms with E-state index in [9.17, 15) is 0 Å². The van der Waals surface area contributed by atoms with Gasteiger partial charge >= 0.3 is 0 Å². The van der Waals surface area contributed by atoms with E-state index in [1.54, 1.807) is 14.2 Å². The Morgan fingerprint density at radius 3 is 2.64 bits per heavy atom. The zero-order valence-electron chi connectivity index (χ0n) is 16.3. The van der Waals surface area contributed by atoms with Gasteiger partial charge in [0.05, 0.1) is 25.3 Å². The molecule has 0 spiro atoms. The highest BCUT2D eigenvalue weighted by atomic mass is 127. The molecule has 0 atom stereocenters. The zero-order valence-corrected chi connectivity index (χ0v) is 18.6. The van der Waals surface area contributed by atoms with Gasteiger partial charge in [-0.3, -0.25) is 4.99 Å². The summed E-state index contributed by atoms with van der Waals surface area (Å²) >= 11 is 0. The van der Waals surface area contributed by atoms with E-state index in [1.807, 2.05) is 43.3 Å². The van der Waals surface area contributed by atoms with Gasteiger partial charge in [0.2, 0.25) is 0 Å². The first-order chi connectivity index (χ1) is 13.1. The number of hydrogen-bond donors (Lipinski definition) is 2. The lowest BCUT2D eigenvalue weighted by molar-refractivity contribution is 0.355. The Morgan fingerprint density at radius 1 is 1.14 bits per heavy atom. The molecule has 0 saturated carbocycles. The second-order valence-corrected chi connectivity index (χ2v) is 6.11. The molecule has 1 aromatic heterocycles. The van der Waals surface area contributed by atoms with Gasteiger partial charge < -0.3 is 25.1 Å². The molecule has 0 aliphatic rings. The first kappa shape index (κ1) is 21.8. The molecule has 0 aliphatic carbocycles. The van der Waals surface area contributed by atoms with Crippen molar-refractivity contribution in [1.29, 1.82) is 0 Å². The molecule has 0 bridgehead atoms. The normalized spacial score (nSPS) is 11.2. The predicted octanol–water partition coefficient (Wildman–Crippen LogP) is 3.80. The van der Waals surface area contributed by atoms with Crippen LogP contribution in [0, 0.1) is 6.92 Å². The van der Waals surface area contributed by atoms with Crippen molar-refractivity contribution >= 4 is 46.7 Å². The van der Waals surface area contributed by atoms with E-state index in [2.05, 4.69) is 25.9 Å². The summed E-state index contributed by atoms with van der Waals surface area (Å²) < 4.78 is 12.7. The predicted molar refractivity (Wildman–Crippen MR) is 124 cm³/mol. The maximum absolute atomic E-state index is 6.00. The van der Waals surface area contributed by atoms with Gasteiger partial charge in [-0.1, -0.05) is 12.1 Å². The third-order valence-electron chi connectivity index (χ3n) is 4.32. The number of aromatic nitrogens is 2. The SMILES string of the molecule is COc1ccc(NC(N)=NCCCn2c(C)nc3ccccc32)cc1OC.I. The van der Waals surface area contributed by atoms with E-state index >= 15 is 0 Å². The zero-order chi connectivity index (χ0) is 19.2. The van der Waals surface area contributed by atoms with Gasteiger partial charge in [-0.15, -0.1) is 24.0 Å². The molecular weight excluding hydrogens is 469 g/mol. The van der Waals surface area contributed by atoms with Crippen LogP contribution in [0.25, 0.3) is 11.0 Å². The number of halogens is 1. The monoisotopic (exact) mass is 495 g/mol. The number of nitrogens with one attached hydrogen (secondary N) is 1. The summed E-state index contributed by atoms with van der Waals surface area (Å²) in [6.45, 7) is 3.49. The summed E-state index contributed by atoms with van der Waals surface area (Å²) in [5.41, 5.74) is 8.96.